The molecular weight excluding hydrogens is 316 g/mol. The van der Waals surface area contributed by atoms with E-state index in [-0.39, 0.29) is 5.69 Å². The van der Waals surface area contributed by atoms with Gasteiger partial charge in [0, 0.05) is 45.1 Å². The molecule has 132 valence electrons. The third-order valence-electron chi connectivity index (χ3n) is 5.11. The smallest absolute Gasteiger partial charge is 0.338 e. The van der Waals surface area contributed by atoms with Crippen molar-refractivity contribution in [3.8, 4) is 0 Å². The van der Waals surface area contributed by atoms with Crippen molar-refractivity contribution in [3.05, 3.63) is 53.1 Å². The van der Waals surface area contributed by atoms with Crippen molar-refractivity contribution >= 4 is 5.65 Å². The molecule has 1 aliphatic rings. The van der Waals surface area contributed by atoms with Gasteiger partial charge in [-0.2, -0.15) is 0 Å². The average Bonchev–Trinajstić information content (AvgIpc) is 3.17. The summed E-state index contributed by atoms with van der Waals surface area (Å²) in [5, 5.41) is 4.42. The topological polar surface area (TPSA) is 60.4 Å². The SMILES string of the molecule is Cn1ccnc1C[C@H]1CCCN(CCn2nc3ccccn3c2=O)C1. The molecule has 0 N–H and O–H groups in total. The molecule has 0 saturated carbocycles. The molecule has 1 saturated heterocycles. The van der Waals surface area contributed by atoms with Gasteiger partial charge in [0.25, 0.3) is 0 Å². The van der Waals surface area contributed by atoms with Gasteiger partial charge in [-0.25, -0.2) is 14.5 Å². The zero-order valence-corrected chi connectivity index (χ0v) is 14.6. The lowest BCUT2D eigenvalue weighted by Gasteiger charge is -2.32. The highest BCUT2D eigenvalue weighted by Gasteiger charge is 2.21. The Bertz CT molecular complexity index is 908. The first-order valence-electron chi connectivity index (χ1n) is 8.93. The maximum atomic E-state index is 12.3. The second-order valence-corrected chi connectivity index (χ2v) is 6.90. The lowest BCUT2D eigenvalue weighted by molar-refractivity contribution is 0.165. The number of rotatable bonds is 5. The van der Waals surface area contributed by atoms with Gasteiger partial charge in [-0.15, -0.1) is 5.10 Å². The molecule has 1 atom stereocenters. The molecule has 1 fully saturated rings. The van der Waals surface area contributed by atoms with Crippen LogP contribution in [-0.4, -0.2) is 48.3 Å². The van der Waals surface area contributed by atoms with Gasteiger partial charge in [-0.05, 0) is 37.4 Å². The lowest BCUT2D eigenvalue weighted by atomic mass is 9.94. The molecule has 0 aliphatic carbocycles. The number of hydrogen-bond acceptors (Lipinski definition) is 4. The van der Waals surface area contributed by atoms with E-state index in [9.17, 15) is 4.79 Å². The summed E-state index contributed by atoms with van der Waals surface area (Å²) < 4.78 is 5.28. The monoisotopic (exact) mass is 340 g/mol. The number of fused-ring (bicyclic) bond motifs is 1. The van der Waals surface area contributed by atoms with E-state index in [0.29, 0.717) is 18.1 Å². The summed E-state index contributed by atoms with van der Waals surface area (Å²) in [5.74, 6) is 1.79. The molecule has 1 aliphatic heterocycles. The lowest BCUT2D eigenvalue weighted by Crippen LogP contribution is -2.39. The molecule has 0 bridgehead atoms. The molecular formula is C18H24N6O. The molecule has 3 aromatic heterocycles. The number of aryl methyl sites for hydroxylation is 1. The molecule has 0 unspecified atom stereocenters. The molecule has 4 rings (SSSR count). The van der Waals surface area contributed by atoms with Crippen molar-refractivity contribution in [1.29, 1.82) is 0 Å². The standard InChI is InChI=1S/C18H24N6O/c1-21-10-7-19-17(21)13-15-5-4-8-22(14-15)11-12-24-18(25)23-9-3-2-6-16(23)20-24/h2-3,6-7,9-10,15H,4-5,8,11-14H2,1H3/t15-/m1/s1. The molecule has 4 heterocycles. The summed E-state index contributed by atoms with van der Waals surface area (Å²) >= 11 is 0. The highest BCUT2D eigenvalue weighted by atomic mass is 16.2. The summed E-state index contributed by atoms with van der Waals surface area (Å²) in [6, 6.07) is 5.62. The van der Waals surface area contributed by atoms with Crippen LogP contribution in [0.4, 0.5) is 0 Å². The first kappa shape index (κ1) is 16.1. The van der Waals surface area contributed by atoms with E-state index in [1.807, 2.05) is 30.6 Å². The Morgan fingerprint density at radius 2 is 2.16 bits per heavy atom. The van der Waals surface area contributed by atoms with Crippen LogP contribution in [0.3, 0.4) is 0 Å². The Kier molecular flexibility index (Phi) is 4.40. The zero-order valence-electron chi connectivity index (χ0n) is 14.6. The maximum absolute atomic E-state index is 12.3. The average molecular weight is 340 g/mol. The van der Waals surface area contributed by atoms with Crippen LogP contribution >= 0.6 is 0 Å². The van der Waals surface area contributed by atoms with Crippen molar-refractivity contribution in [2.75, 3.05) is 19.6 Å². The van der Waals surface area contributed by atoms with Crippen LogP contribution in [0, 0.1) is 5.92 Å². The van der Waals surface area contributed by atoms with Crippen LogP contribution in [0.15, 0.2) is 41.6 Å². The molecule has 0 aromatic carbocycles. The zero-order chi connectivity index (χ0) is 17.2. The summed E-state index contributed by atoms with van der Waals surface area (Å²) in [5.41, 5.74) is 0.649. The second kappa shape index (κ2) is 6.84. The molecule has 0 spiro atoms. The van der Waals surface area contributed by atoms with Gasteiger partial charge < -0.3 is 9.47 Å². The number of aromatic nitrogens is 5. The second-order valence-electron chi connectivity index (χ2n) is 6.90. The predicted octanol–water partition coefficient (Wildman–Crippen LogP) is 1.18. The van der Waals surface area contributed by atoms with Crippen LogP contribution < -0.4 is 5.69 Å². The third-order valence-corrected chi connectivity index (χ3v) is 5.11. The van der Waals surface area contributed by atoms with Gasteiger partial charge in [0.2, 0.25) is 0 Å². The fourth-order valence-corrected chi connectivity index (χ4v) is 3.72. The van der Waals surface area contributed by atoms with E-state index >= 15 is 0 Å². The Morgan fingerprint density at radius 3 is 2.96 bits per heavy atom. The minimum Gasteiger partial charge on any atom is -0.338 e. The summed E-state index contributed by atoms with van der Waals surface area (Å²) in [6.45, 7) is 3.66. The van der Waals surface area contributed by atoms with Crippen molar-refractivity contribution in [2.24, 2.45) is 13.0 Å². The fraction of sp³-hybridized carbons (Fsp3) is 0.500. The molecule has 7 heteroatoms. The van der Waals surface area contributed by atoms with Gasteiger partial charge in [-0.3, -0.25) is 4.40 Å². The number of imidazole rings is 1. The summed E-state index contributed by atoms with van der Waals surface area (Å²) in [7, 11) is 2.05. The fourth-order valence-electron chi connectivity index (χ4n) is 3.72. The minimum absolute atomic E-state index is 0.0582. The van der Waals surface area contributed by atoms with Crippen LogP contribution in [-0.2, 0) is 20.0 Å². The van der Waals surface area contributed by atoms with E-state index < -0.39 is 0 Å². The molecule has 7 nitrogen and oxygen atoms in total. The number of hydrogen-bond donors (Lipinski definition) is 0. The van der Waals surface area contributed by atoms with Gasteiger partial charge in [0.1, 0.15) is 5.82 Å². The van der Waals surface area contributed by atoms with E-state index in [2.05, 4.69) is 26.6 Å². The van der Waals surface area contributed by atoms with Crippen molar-refractivity contribution < 1.29 is 0 Å². The van der Waals surface area contributed by atoms with Gasteiger partial charge in [0.15, 0.2) is 5.65 Å². The van der Waals surface area contributed by atoms with Crippen LogP contribution in [0.1, 0.15) is 18.7 Å². The Hall–Kier alpha value is -2.41. The molecule has 0 radical (unpaired) electrons. The Balaban J connectivity index is 1.38. The number of pyridine rings is 1. The van der Waals surface area contributed by atoms with E-state index in [0.717, 1.165) is 31.9 Å². The van der Waals surface area contributed by atoms with Gasteiger partial charge in [0.05, 0.1) is 6.54 Å². The van der Waals surface area contributed by atoms with Gasteiger partial charge >= 0.3 is 5.69 Å². The van der Waals surface area contributed by atoms with E-state index in [1.165, 1.54) is 12.8 Å². The van der Waals surface area contributed by atoms with Crippen molar-refractivity contribution in [3.63, 3.8) is 0 Å². The van der Waals surface area contributed by atoms with Crippen molar-refractivity contribution in [2.45, 2.75) is 25.8 Å². The largest absolute Gasteiger partial charge is 0.350 e. The van der Waals surface area contributed by atoms with E-state index in [1.54, 1.807) is 15.3 Å². The normalized spacial score (nSPS) is 18.8. The first-order chi connectivity index (χ1) is 12.2. The van der Waals surface area contributed by atoms with Crippen LogP contribution in [0.25, 0.3) is 5.65 Å². The Morgan fingerprint density at radius 1 is 1.24 bits per heavy atom. The van der Waals surface area contributed by atoms with Crippen molar-refractivity contribution in [1.82, 2.24) is 28.6 Å². The number of nitrogens with zero attached hydrogens (tertiary/aromatic N) is 6. The van der Waals surface area contributed by atoms with Crippen LogP contribution in [0.2, 0.25) is 0 Å². The number of piperidine rings is 1. The maximum Gasteiger partial charge on any atom is 0.350 e. The predicted molar refractivity (Wildman–Crippen MR) is 95.5 cm³/mol. The summed E-state index contributed by atoms with van der Waals surface area (Å²) in [6.07, 6.45) is 9.11. The molecule has 0 amide bonds. The summed E-state index contributed by atoms with van der Waals surface area (Å²) in [4.78, 5) is 19.3. The highest BCUT2D eigenvalue weighted by Crippen LogP contribution is 2.20. The van der Waals surface area contributed by atoms with Gasteiger partial charge in [-0.1, -0.05) is 6.07 Å². The van der Waals surface area contributed by atoms with Crippen LogP contribution in [0.5, 0.6) is 0 Å². The number of likely N-dealkylation sites (tertiary alicyclic amines) is 1. The highest BCUT2D eigenvalue weighted by molar-refractivity contribution is 5.35. The molecule has 25 heavy (non-hydrogen) atoms. The molecule has 3 aromatic rings. The van der Waals surface area contributed by atoms with E-state index in [4.69, 9.17) is 0 Å². The Labute approximate surface area is 146 Å². The quantitative estimate of drug-likeness (QED) is 0.700. The third kappa shape index (κ3) is 3.37. The first-order valence-corrected chi connectivity index (χ1v) is 8.93. The minimum atomic E-state index is -0.0582.